The molecule has 2 aromatic heterocycles. The molecule has 35 heavy (non-hydrogen) atoms. The van der Waals surface area contributed by atoms with Gasteiger partial charge in [0.1, 0.15) is 11.1 Å². The minimum Gasteiger partial charge on any atom is -0.398 e. The van der Waals surface area contributed by atoms with Crippen molar-refractivity contribution in [2.24, 2.45) is 0 Å². The van der Waals surface area contributed by atoms with Crippen molar-refractivity contribution >= 4 is 39.0 Å². The topological polar surface area (TPSA) is 94.4 Å². The molecule has 1 amide bonds. The number of carbonyl (C=O) groups excluding carboxylic acids is 1. The number of hydrogen-bond acceptors (Lipinski definition) is 4. The highest BCUT2D eigenvalue weighted by atomic mass is 79.9. The number of halogens is 4. The lowest BCUT2D eigenvalue weighted by Crippen LogP contribution is -2.23. The maximum absolute atomic E-state index is 13.6. The fraction of sp³-hybridized carbons (Fsp3) is 0.208. The number of nitrogen functional groups attached to an aromatic ring is 1. The number of rotatable bonds is 5. The van der Waals surface area contributed by atoms with E-state index in [-0.39, 0.29) is 23.6 Å². The molecule has 2 aromatic carbocycles. The van der Waals surface area contributed by atoms with Gasteiger partial charge in [0.15, 0.2) is 0 Å². The minimum absolute atomic E-state index is 0.204. The Morgan fingerprint density at radius 2 is 1.80 bits per heavy atom. The van der Waals surface area contributed by atoms with Crippen molar-refractivity contribution in [3.05, 3.63) is 80.4 Å². The SMILES string of the molecule is CCc1nc2n(CC(=O)Nc3ccc(C(F)(F)F)cc3)c(C)c(Br)n2c(=O)c1-c1ccccc1N. The molecule has 0 bridgehead atoms. The molecule has 0 aliphatic carbocycles. The molecule has 0 saturated carbocycles. The number of para-hydroxylation sites is 1. The molecule has 0 saturated heterocycles. The van der Waals surface area contributed by atoms with Crippen LogP contribution in [0.4, 0.5) is 24.5 Å². The zero-order chi connectivity index (χ0) is 25.5. The monoisotopic (exact) mass is 547 g/mol. The Kier molecular flexibility index (Phi) is 6.46. The van der Waals surface area contributed by atoms with Gasteiger partial charge in [0.2, 0.25) is 11.7 Å². The lowest BCUT2D eigenvalue weighted by molar-refractivity contribution is -0.137. The summed E-state index contributed by atoms with van der Waals surface area (Å²) >= 11 is 3.44. The van der Waals surface area contributed by atoms with Crippen molar-refractivity contribution in [1.29, 1.82) is 0 Å². The van der Waals surface area contributed by atoms with Gasteiger partial charge in [-0.3, -0.25) is 9.59 Å². The second-order valence-electron chi connectivity index (χ2n) is 7.90. The number of carbonyl (C=O) groups is 1. The van der Waals surface area contributed by atoms with Crippen LogP contribution in [-0.4, -0.2) is 19.9 Å². The summed E-state index contributed by atoms with van der Waals surface area (Å²) in [5.74, 6) is -0.224. The highest BCUT2D eigenvalue weighted by molar-refractivity contribution is 9.10. The Hall–Kier alpha value is -3.60. The first kappa shape index (κ1) is 24.5. The van der Waals surface area contributed by atoms with E-state index in [2.05, 4.69) is 26.2 Å². The van der Waals surface area contributed by atoms with Crippen molar-refractivity contribution in [2.45, 2.75) is 33.0 Å². The zero-order valence-corrected chi connectivity index (χ0v) is 20.4. The van der Waals surface area contributed by atoms with Gasteiger partial charge in [-0.2, -0.15) is 13.2 Å². The van der Waals surface area contributed by atoms with Crippen molar-refractivity contribution in [2.75, 3.05) is 11.1 Å². The molecule has 0 aliphatic heterocycles. The lowest BCUT2D eigenvalue weighted by atomic mass is 10.0. The number of alkyl halides is 3. The highest BCUT2D eigenvalue weighted by Crippen LogP contribution is 2.30. The van der Waals surface area contributed by atoms with Crippen LogP contribution in [0.15, 0.2) is 57.9 Å². The van der Waals surface area contributed by atoms with E-state index >= 15 is 0 Å². The first-order chi connectivity index (χ1) is 16.5. The van der Waals surface area contributed by atoms with Gasteiger partial charge in [-0.25, -0.2) is 9.38 Å². The van der Waals surface area contributed by atoms with Gasteiger partial charge in [-0.05, 0) is 59.6 Å². The standard InChI is InChI=1S/C24H21BrF3N5O2/c1-3-18-20(16-6-4-5-7-17(16)29)22(35)33-21(25)13(2)32(23(33)31-18)12-19(34)30-15-10-8-14(9-11-15)24(26,27)28/h4-11H,3,12,29H2,1-2H3,(H,30,34). The smallest absolute Gasteiger partial charge is 0.398 e. The van der Waals surface area contributed by atoms with Gasteiger partial charge in [-0.15, -0.1) is 0 Å². The molecule has 3 N–H and O–H groups in total. The molecule has 4 rings (SSSR count). The summed E-state index contributed by atoms with van der Waals surface area (Å²) in [6.45, 7) is 3.39. The summed E-state index contributed by atoms with van der Waals surface area (Å²) in [5, 5.41) is 2.58. The van der Waals surface area contributed by atoms with Crippen molar-refractivity contribution in [3.63, 3.8) is 0 Å². The van der Waals surface area contributed by atoms with Crippen LogP contribution in [0.5, 0.6) is 0 Å². The van der Waals surface area contributed by atoms with Crippen LogP contribution in [0.3, 0.4) is 0 Å². The normalized spacial score (nSPS) is 11.7. The zero-order valence-electron chi connectivity index (χ0n) is 18.8. The quantitative estimate of drug-likeness (QED) is 0.342. The third kappa shape index (κ3) is 4.55. The molecule has 4 aromatic rings. The van der Waals surface area contributed by atoms with Crippen molar-refractivity contribution in [3.8, 4) is 11.1 Å². The van der Waals surface area contributed by atoms with Crippen LogP contribution in [0.1, 0.15) is 23.9 Å². The van der Waals surface area contributed by atoms with Crippen LogP contribution >= 0.6 is 15.9 Å². The summed E-state index contributed by atoms with van der Waals surface area (Å²) in [6.07, 6.45) is -4.01. The summed E-state index contributed by atoms with van der Waals surface area (Å²) in [6, 6.07) is 11.2. The Labute approximate surface area is 206 Å². The largest absolute Gasteiger partial charge is 0.416 e. The van der Waals surface area contributed by atoms with Crippen molar-refractivity contribution in [1.82, 2.24) is 14.0 Å². The number of nitrogens with two attached hydrogens (primary N) is 1. The molecule has 0 radical (unpaired) electrons. The average Bonchev–Trinajstić information content (AvgIpc) is 3.04. The number of benzene rings is 2. The molecule has 7 nitrogen and oxygen atoms in total. The summed E-state index contributed by atoms with van der Waals surface area (Å²) < 4.78 is 41.7. The molecule has 0 fully saturated rings. The molecule has 0 aliphatic rings. The molecular formula is C24H21BrF3N5O2. The van der Waals surface area contributed by atoms with E-state index in [0.717, 1.165) is 12.1 Å². The first-order valence-electron chi connectivity index (χ1n) is 10.6. The van der Waals surface area contributed by atoms with E-state index in [9.17, 15) is 22.8 Å². The maximum atomic E-state index is 13.6. The van der Waals surface area contributed by atoms with Crippen LogP contribution < -0.4 is 16.6 Å². The fourth-order valence-corrected chi connectivity index (χ4v) is 4.39. The van der Waals surface area contributed by atoms with Gasteiger partial charge in [0, 0.05) is 22.6 Å². The minimum atomic E-state index is -4.46. The van der Waals surface area contributed by atoms with Crippen molar-refractivity contribution < 1.29 is 18.0 Å². The summed E-state index contributed by atoms with van der Waals surface area (Å²) in [5.41, 5.74) is 7.73. The Bertz CT molecular complexity index is 1490. The molecule has 0 spiro atoms. The van der Waals surface area contributed by atoms with E-state index in [4.69, 9.17) is 5.73 Å². The lowest BCUT2D eigenvalue weighted by Gasteiger charge is -2.12. The predicted octanol–water partition coefficient (Wildman–Crippen LogP) is 5.04. The second kappa shape index (κ2) is 9.21. The summed E-state index contributed by atoms with van der Waals surface area (Å²) in [4.78, 5) is 31.0. The Balaban J connectivity index is 1.73. The first-order valence-corrected chi connectivity index (χ1v) is 11.4. The number of anilines is 2. The van der Waals surface area contributed by atoms with Gasteiger partial charge in [0.05, 0.1) is 16.8 Å². The highest BCUT2D eigenvalue weighted by Gasteiger charge is 2.30. The number of nitrogens with zero attached hydrogens (tertiary/aromatic N) is 3. The van der Waals surface area contributed by atoms with E-state index in [1.54, 1.807) is 35.8 Å². The van der Waals surface area contributed by atoms with E-state index in [1.807, 2.05) is 6.92 Å². The Morgan fingerprint density at radius 3 is 2.40 bits per heavy atom. The fourth-order valence-electron chi connectivity index (χ4n) is 3.86. The van der Waals surface area contributed by atoms with Crippen LogP contribution in [0.2, 0.25) is 0 Å². The predicted molar refractivity (Wildman–Crippen MR) is 131 cm³/mol. The number of aryl methyl sites for hydroxylation is 1. The molecule has 2 heterocycles. The van der Waals surface area contributed by atoms with Gasteiger partial charge in [0.25, 0.3) is 5.56 Å². The number of aromatic nitrogens is 3. The molecule has 0 unspecified atom stereocenters. The van der Waals surface area contributed by atoms with Gasteiger partial charge in [-0.1, -0.05) is 25.1 Å². The number of amides is 1. The Morgan fingerprint density at radius 1 is 1.14 bits per heavy atom. The van der Waals surface area contributed by atoms with Gasteiger partial charge >= 0.3 is 6.18 Å². The molecule has 0 atom stereocenters. The van der Waals surface area contributed by atoms with E-state index < -0.39 is 17.6 Å². The number of imidazole rings is 1. The molecule has 182 valence electrons. The van der Waals surface area contributed by atoms with Crippen LogP contribution in [0, 0.1) is 6.92 Å². The van der Waals surface area contributed by atoms with Crippen LogP contribution in [-0.2, 0) is 23.9 Å². The summed E-state index contributed by atoms with van der Waals surface area (Å²) in [7, 11) is 0. The van der Waals surface area contributed by atoms with E-state index in [0.29, 0.717) is 39.2 Å². The maximum Gasteiger partial charge on any atom is 0.416 e. The molecule has 11 heteroatoms. The van der Waals surface area contributed by atoms with Crippen LogP contribution in [0.25, 0.3) is 16.9 Å². The average molecular weight is 548 g/mol. The number of hydrogen-bond donors (Lipinski definition) is 2. The third-order valence-corrected chi connectivity index (χ3v) is 6.57. The third-order valence-electron chi connectivity index (χ3n) is 5.64. The second-order valence-corrected chi connectivity index (χ2v) is 8.65. The van der Waals surface area contributed by atoms with Gasteiger partial charge < -0.3 is 15.6 Å². The number of fused-ring (bicyclic) bond motifs is 1. The number of nitrogens with one attached hydrogen (secondary N) is 1. The molecular weight excluding hydrogens is 527 g/mol. The van der Waals surface area contributed by atoms with E-state index in [1.165, 1.54) is 16.5 Å².